The number of carbonyl (C=O) groups excluding carboxylic acids is 4. The summed E-state index contributed by atoms with van der Waals surface area (Å²) in [5.74, 6) is 6.89. The molecule has 10 bridgehead atoms. The Labute approximate surface area is 796 Å². The van der Waals surface area contributed by atoms with Crippen molar-refractivity contribution in [3.63, 3.8) is 0 Å². The van der Waals surface area contributed by atoms with E-state index in [4.69, 9.17) is 17.2 Å². The number of phenols is 3. The zero-order valence-corrected chi connectivity index (χ0v) is 84.6. The number of aliphatic hydroxyl groups is 1. The summed E-state index contributed by atoms with van der Waals surface area (Å²) >= 11 is 4.30. The van der Waals surface area contributed by atoms with E-state index < -0.39 is 16.9 Å². The second-order valence-electron chi connectivity index (χ2n) is 41.7. The molecule has 11 N–H and O–H groups in total. The normalized spacial score (nSPS) is 35.7. The van der Waals surface area contributed by atoms with Gasteiger partial charge in [0.05, 0.1) is 71.0 Å². The summed E-state index contributed by atoms with van der Waals surface area (Å²) < 4.78 is 2.08. The number of likely N-dealkylation sites (tertiary alicyclic amines) is 5. The van der Waals surface area contributed by atoms with Gasteiger partial charge in [-0.2, -0.15) is 0 Å². The predicted molar refractivity (Wildman–Crippen MR) is 484 cm³/mol. The van der Waals surface area contributed by atoms with Crippen LogP contribution in [0.5, 0.6) is 17.2 Å². The van der Waals surface area contributed by atoms with Gasteiger partial charge in [-0.05, 0) is 258 Å². The first-order chi connectivity index (χ1) is 55.7. The maximum absolute atomic E-state index is 12.6. The van der Waals surface area contributed by atoms with E-state index in [2.05, 4.69) is 161 Å². The van der Waals surface area contributed by atoms with Crippen molar-refractivity contribution in [1.82, 2.24) is 9.80 Å². The van der Waals surface area contributed by atoms with Crippen molar-refractivity contribution in [2.45, 2.75) is 266 Å². The van der Waals surface area contributed by atoms with Crippen LogP contribution in [0.15, 0.2) is 84.9 Å². The van der Waals surface area contributed by atoms with Crippen LogP contribution in [-0.4, -0.2) is 188 Å². The maximum atomic E-state index is 12.6. The van der Waals surface area contributed by atoms with Crippen LogP contribution in [0, 0.1) is 53.3 Å². The topological polar surface area (TPSA) is 238 Å². The predicted octanol–water partition coefficient (Wildman–Crippen LogP) is 5.33. The lowest BCUT2D eigenvalue weighted by Gasteiger charge is -2.65. The molecular formula is C99H141I5N8O8. The fourth-order valence-corrected chi connectivity index (χ4v) is 26.2. The molecule has 0 aromatic heterocycles. The van der Waals surface area contributed by atoms with Crippen molar-refractivity contribution in [2.75, 3.05) is 89.4 Å². The number of piperidine rings is 5. The Morgan fingerprint density at radius 1 is 0.492 bits per heavy atom. The number of nitrogens with one attached hydrogen (secondary N) is 1. The molecule has 11 unspecified atom stereocenters. The molecule has 660 valence electrons. The van der Waals surface area contributed by atoms with Gasteiger partial charge in [0.25, 0.3) is 5.91 Å². The molecule has 18 atom stereocenters. The zero-order valence-electron chi connectivity index (χ0n) is 73.8. The van der Waals surface area contributed by atoms with Gasteiger partial charge in [0, 0.05) is 139 Å². The van der Waals surface area contributed by atoms with Crippen LogP contribution in [0.4, 0.5) is 0 Å². The third-order valence-corrected chi connectivity index (χ3v) is 35.0. The Kier molecular flexibility index (Phi) is 29.8. The minimum absolute atomic E-state index is 0. The highest BCUT2D eigenvalue weighted by Gasteiger charge is 2.71. The molecule has 16 nitrogen and oxygen atoms in total. The van der Waals surface area contributed by atoms with E-state index in [0.717, 1.165) is 77.5 Å². The molecule has 120 heavy (non-hydrogen) atoms. The number of hydrogen-bond acceptors (Lipinski definition) is 10. The molecule has 0 spiro atoms. The van der Waals surface area contributed by atoms with Crippen LogP contribution in [0.1, 0.15) is 258 Å². The Morgan fingerprint density at radius 3 is 1.41 bits per heavy atom. The van der Waals surface area contributed by atoms with Crippen molar-refractivity contribution in [2.24, 2.45) is 70.5 Å². The first kappa shape index (κ1) is 96.1. The minimum atomic E-state index is -1.05. The molecule has 16 aliphatic rings. The summed E-state index contributed by atoms with van der Waals surface area (Å²) in [6, 6.07) is 30.7. The van der Waals surface area contributed by atoms with Crippen LogP contribution in [0.3, 0.4) is 0 Å². The van der Waals surface area contributed by atoms with E-state index in [1.54, 1.807) is 6.07 Å². The van der Waals surface area contributed by atoms with Crippen LogP contribution >= 0.6 is 45.2 Å². The fraction of sp³-hybridized carbons (Fsp3) is 0.657. The molecule has 21 rings (SSSR count). The highest BCUT2D eigenvalue weighted by molar-refractivity contribution is 14.1. The number of Topliss-reactive ketones (excluding diaryl/α,β-unsaturated/α-hetero) is 1. The highest BCUT2D eigenvalue weighted by atomic mass is 127. The first-order valence-corrected chi connectivity index (χ1v) is 49.7. The fourth-order valence-electron chi connectivity index (χ4n) is 26.2. The second kappa shape index (κ2) is 37.2. The number of hydrogen-bond donors (Lipinski definition) is 8. The molecule has 5 saturated heterocycles. The standard InChI is InChI=1S/C22H28N2O4.C20H28N2O.C19H26N2O.2C18H25NO.2CH3I.3HI/c1-24(12-13-2-3-13)9-8-21-11-15(25)6-7-22(21,28)17(24)10-14-4-5-16(20(23)27)19(26)18(14)21;1-13-18-11-15-6-7-16(19(21)23)10-17(15)20(13,2)8-9-22(18,3)12-14-4-5-14;1-12-17-10-14-5-6-15(18(20)22)9-16(14)19(12,2)7-8-21(17)11-13-3-4-13;2*1-12-17-9-14-5-6-15(20)10-16(14)18(12,2)7-8-19(17)11-13-3-4-13;2*1-2;;;/h4-5,13,17,28H,2-3,6-12H2,1H3,(H2-,23,26,27);6-7,10,13-14,18H,4-5,8-9,11-12H2,1-3H3,(H-,21,23);5-6,9,12-13,17H,3-4,7-8,10-11H2,1-2H3,(H2,20,22);2*5-6,10,12-13,17,20H,3-4,7-9,11H2,1-2H3;2*1H3;3*1H/t17-,21-,22-,24?;13?,18?,20-,22?;12?,17?,19-;2*12?,17?,18-;;;;;/m10000...../s1. The summed E-state index contributed by atoms with van der Waals surface area (Å²) in [5, 5.41) is 42.9. The molecule has 11 aliphatic carbocycles. The Hall–Kier alpha value is -3.01. The minimum Gasteiger partial charge on any atom is -1.00 e. The third-order valence-electron chi connectivity index (χ3n) is 35.0. The lowest BCUT2D eigenvalue weighted by atomic mass is 9.48. The number of amides is 3. The van der Waals surface area contributed by atoms with E-state index in [9.17, 15) is 39.6 Å². The maximum Gasteiger partial charge on any atom is 0.252 e. The largest absolute Gasteiger partial charge is 1.00 e. The second-order valence-corrected chi connectivity index (χ2v) is 41.7. The number of aromatic hydroxyl groups is 3. The number of benzene rings is 5. The summed E-state index contributed by atoms with van der Waals surface area (Å²) in [4.78, 5) is 58.8. The molecule has 0 radical (unpaired) electrons. The number of nitrogens with two attached hydrogens (primary N) is 3. The lowest BCUT2D eigenvalue weighted by Crippen LogP contribution is -3.19. The number of rotatable bonds is 13. The summed E-state index contributed by atoms with van der Waals surface area (Å²) in [5.41, 5.74) is 29.9. The van der Waals surface area contributed by atoms with Gasteiger partial charge in [-0.25, -0.2) is 0 Å². The Balaban J connectivity index is 0.000000136. The number of primary amides is 3. The summed E-state index contributed by atoms with van der Waals surface area (Å²) in [6.45, 7) is 31.7. The number of phenolic OH excluding ortho intramolecular Hbond substituents is 2. The number of quaternary nitrogens is 3. The van der Waals surface area contributed by atoms with Gasteiger partial charge in [-0.15, -0.1) is 0 Å². The highest BCUT2D eigenvalue weighted by Crippen LogP contribution is 2.63. The van der Waals surface area contributed by atoms with E-state index >= 15 is 0 Å². The van der Waals surface area contributed by atoms with E-state index in [-0.39, 0.29) is 135 Å². The molecule has 21 heteroatoms. The van der Waals surface area contributed by atoms with Gasteiger partial charge in [-0.3, -0.25) is 29.0 Å². The summed E-state index contributed by atoms with van der Waals surface area (Å²) in [7, 11) is 4.74. The van der Waals surface area contributed by atoms with Crippen LogP contribution in [0.25, 0.3) is 0 Å². The third kappa shape index (κ3) is 18.1. The quantitative estimate of drug-likeness (QED) is 0.0429. The smallest absolute Gasteiger partial charge is 0.252 e. The van der Waals surface area contributed by atoms with Crippen molar-refractivity contribution >= 4 is 68.7 Å². The van der Waals surface area contributed by atoms with E-state index in [1.807, 2.05) is 57.2 Å². The number of ketones is 1. The lowest BCUT2D eigenvalue weighted by molar-refractivity contribution is -0.950. The van der Waals surface area contributed by atoms with Gasteiger partial charge in [0.1, 0.15) is 34.7 Å². The SMILES string of the molecule is CC1C2Cc3ccc(C(N)=O)cc3[C@@]1(C)CCN2CC1CC1.CC1C2Cc3ccc(C(N)=O)cc3[C@@]1(C)CC[N+]2(C)CC1CC1.CC1C2Cc3ccc(O)cc3[C@@]1(C)CCN2CC1CC1.CC1C2Cc3ccc(O)cc3[C@@]1(C)CC[NH+]2CC1CC1.CI.CI.C[N+]1(CC2CC2)CC[C@]23CC(=O)CC[C@@]2(O)[C@H]1Cc1ccc(C(N)=O)c(O)c13.[I-].[I-].[I-]. The monoisotopic (exact) mass is 2200 g/mol. The van der Waals surface area contributed by atoms with Gasteiger partial charge < -0.3 is 123 Å². The number of carbonyl (C=O) groups is 4. The van der Waals surface area contributed by atoms with Gasteiger partial charge >= 0.3 is 0 Å². The van der Waals surface area contributed by atoms with Crippen LogP contribution in [0.2, 0.25) is 0 Å². The van der Waals surface area contributed by atoms with Crippen molar-refractivity contribution in [1.29, 1.82) is 0 Å². The molecule has 6 saturated carbocycles. The number of likely N-dealkylation sites (N-methyl/N-ethyl adjacent to an activating group) is 2. The molecule has 3 amide bonds. The van der Waals surface area contributed by atoms with Gasteiger partial charge in [0.2, 0.25) is 11.8 Å². The molecule has 5 heterocycles. The number of alkyl halides is 2. The van der Waals surface area contributed by atoms with E-state index in [1.165, 1.54) is 204 Å². The zero-order chi connectivity index (χ0) is 83.6. The molecule has 5 aliphatic heterocycles. The summed E-state index contributed by atoms with van der Waals surface area (Å²) in [6.07, 6.45) is 25.9. The Morgan fingerprint density at radius 2 is 0.925 bits per heavy atom. The number of fused-ring (bicyclic) bond motifs is 17. The molecule has 5 aromatic carbocycles. The van der Waals surface area contributed by atoms with Gasteiger partial charge in [-0.1, -0.05) is 131 Å². The molecule has 5 aromatic rings. The number of halogens is 5. The van der Waals surface area contributed by atoms with Crippen LogP contribution < -0.4 is 94.0 Å². The van der Waals surface area contributed by atoms with Crippen molar-refractivity contribution < 1.29 is 125 Å². The first-order valence-electron chi connectivity index (χ1n) is 45.3. The average Bonchev–Trinajstić information content (AvgIpc) is 1.67. The average molecular weight is 2210 g/mol. The van der Waals surface area contributed by atoms with E-state index in [0.29, 0.717) is 89.8 Å². The number of nitrogens with zero attached hydrogens (tertiary/aromatic N) is 4. The van der Waals surface area contributed by atoms with Crippen LogP contribution in [-0.2, 0) is 64.0 Å². The van der Waals surface area contributed by atoms with Crippen molar-refractivity contribution in [3.05, 3.63) is 157 Å². The van der Waals surface area contributed by atoms with Crippen molar-refractivity contribution in [3.8, 4) is 17.2 Å². The molecule has 11 fully saturated rings. The van der Waals surface area contributed by atoms with Gasteiger partial charge in [0.15, 0.2) is 0 Å². The Bertz CT molecular complexity index is 4490. The molecular weight excluding hydrogens is 2060 g/mol.